The van der Waals surface area contributed by atoms with Crippen LogP contribution in [0, 0.1) is 11.8 Å². The molecule has 88 valence electrons. The lowest BCUT2D eigenvalue weighted by molar-refractivity contribution is 0.126. The van der Waals surface area contributed by atoms with Gasteiger partial charge in [0.25, 0.3) is 0 Å². The first kappa shape index (κ1) is 11.4. The number of nitrogens with one attached hydrogen (secondary N) is 1. The van der Waals surface area contributed by atoms with Gasteiger partial charge in [0.05, 0.1) is 0 Å². The van der Waals surface area contributed by atoms with Crippen LogP contribution in [0.3, 0.4) is 0 Å². The molecule has 0 aromatic rings. The second-order valence-corrected chi connectivity index (χ2v) is 5.98. The fraction of sp³-hybridized carbons (Fsp3) is 1.00. The second-order valence-electron chi connectivity index (χ2n) is 5.98. The first-order chi connectivity index (χ1) is 7.15. The Morgan fingerprint density at radius 1 is 1.33 bits per heavy atom. The minimum Gasteiger partial charge on any atom is -0.311 e. The van der Waals surface area contributed by atoms with Crippen LogP contribution in [-0.4, -0.2) is 36.6 Å². The summed E-state index contributed by atoms with van der Waals surface area (Å²) in [5.74, 6) is 1.85. The van der Waals surface area contributed by atoms with E-state index in [1.54, 1.807) is 0 Å². The largest absolute Gasteiger partial charge is 0.311 e. The Morgan fingerprint density at radius 3 is 2.67 bits per heavy atom. The standard InChI is InChI=1S/C13H26N2/c1-10(2)6-13-9-15(8-12-4-5-12)11(3)7-14-13/h10-14H,4-9H2,1-3H3. The first-order valence-corrected chi connectivity index (χ1v) is 6.62. The van der Waals surface area contributed by atoms with E-state index in [1.165, 1.54) is 38.9 Å². The SMILES string of the molecule is CC(C)CC1CN(CC2CC2)C(C)CN1. The van der Waals surface area contributed by atoms with Crippen LogP contribution in [0.1, 0.15) is 40.0 Å². The molecule has 1 saturated carbocycles. The Kier molecular flexibility index (Phi) is 3.68. The van der Waals surface area contributed by atoms with Gasteiger partial charge in [0.1, 0.15) is 0 Å². The van der Waals surface area contributed by atoms with Crippen molar-refractivity contribution < 1.29 is 0 Å². The van der Waals surface area contributed by atoms with Crippen molar-refractivity contribution in [2.75, 3.05) is 19.6 Å². The number of hydrogen-bond acceptors (Lipinski definition) is 2. The van der Waals surface area contributed by atoms with Gasteiger partial charge in [-0.05, 0) is 38.0 Å². The van der Waals surface area contributed by atoms with Crippen LogP contribution < -0.4 is 5.32 Å². The van der Waals surface area contributed by atoms with Gasteiger partial charge in [-0.2, -0.15) is 0 Å². The molecule has 0 aromatic heterocycles. The van der Waals surface area contributed by atoms with Crippen LogP contribution >= 0.6 is 0 Å². The number of piperazine rings is 1. The molecule has 1 aliphatic carbocycles. The summed E-state index contributed by atoms with van der Waals surface area (Å²) in [5.41, 5.74) is 0. The summed E-state index contributed by atoms with van der Waals surface area (Å²) in [7, 11) is 0. The van der Waals surface area contributed by atoms with Gasteiger partial charge in [0.2, 0.25) is 0 Å². The van der Waals surface area contributed by atoms with Crippen molar-refractivity contribution in [1.82, 2.24) is 10.2 Å². The molecule has 2 fully saturated rings. The normalized spacial score (nSPS) is 33.6. The molecular formula is C13H26N2. The topological polar surface area (TPSA) is 15.3 Å². The average Bonchev–Trinajstić information content (AvgIpc) is 2.94. The molecule has 2 rings (SSSR count). The predicted octanol–water partition coefficient (Wildman–Crippen LogP) is 2.10. The minimum atomic E-state index is 0.736. The zero-order valence-electron chi connectivity index (χ0n) is 10.5. The molecule has 2 nitrogen and oxygen atoms in total. The molecule has 2 aliphatic rings. The van der Waals surface area contributed by atoms with E-state index in [4.69, 9.17) is 0 Å². The fourth-order valence-corrected chi connectivity index (χ4v) is 2.61. The van der Waals surface area contributed by atoms with E-state index in [1.807, 2.05) is 0 Å². The van der Waals surface area contributed by atoms with Crippen molar-refractivity contribution in [1.29, 1.82) is 0 Å². The zero-order valence-corrected chi connectivity index (χ0v) is 10.5. The number of nitrogens with zero attached hydrogens (tertiary/aromatic N) is 1. The monoisotopic (exact) mass is 210 g/mol. The second kappa shape index (κ2) is 4.84. The lowest BCUT2D eigenvalue weighted by Gasteiger charge is -2.39. The summed E-state index contributed by atoms with van der Waals surface area (Å²) < 4.78 is 0. The molecule has 2 atom stereocenters. The predicted molar refractivity (Wildman–Crippen MR) is 65.0 cm³/mol. The summed E-state index contributed by atoms with van der Waals surface area (Å²) in [6, 6.07) is 1.48. The smallest absolute Gasteiger partial charge is 0.0198 e. The van der Waals surface area contributed by atoms with Gasteiger partial charge in [-0.25, -0.2) is 0 Å². The molecule has 0 amide bonds. The molecule has 0 bridgehead atoms. The van der Waals surface area contributed by atoms with Crippen molar-refractivity contribution in [2.24, 2.45) is 11.8 Å². The van der Waals surface area contributed by atoms with Crippen LogP contribution in [-0.2, 0) is 0 Å². The highest BCUT2D eigenvalue weighted by molar-refractivity contribution is 4.87. The van der Waals surface area contributed by atoms with Crippen LogP contribution in [0.25, 0.3) is 0 Å². The van der Waals surface area contributed by atoms with E-state index < -0.39 is 0 Å². The summed E-state index contributed by atoms with van der Waals surface area (Å²) in [5, 5.41) is 3.68. The molecule has 1 heterocycles. The highest BCUT2D eigenvalue weighted by Crippen LogP contribution is 2.30. The summed E-state index contributed by atoms with van der Waals surface area (Å²) >= 11 is 0. The third-order valence-electron chi connectivity index (χ3n) is 3.73. The van der Waals surface area contributed by atoms with E-state index in [-0.39, 0.29) is 0 Å². The van der Waals surface area contributed by atoms with Gasteiger partial charge in [-0.15, -0.1) is 0 Å². The van der Waals surface area contributed by atoms with E-state index in [0.717, 1.165) is 23.9 Å². The maximum Gasteiger partial charge on any atom is 0.0198 e. The lowest BCUT2D eigenvalue weighted by Crippen LogP contribution is -2.56. The van der Waals surface area contributed by atoms with Crippen LogP contribution in [0.5, 0.6) is 0 Å². The van der Waals surface area contributed by atoms with Gasteiger partial charge in [0.15, 0.2) is 0 Å². The van der Waals surface area contributed by atoms with Crippen LogP contribution in [0.4, 0.5) is 0 Å². The molecule has 2 unspecified atom stereocenters. The molecule has 0 spiro atoms. The molecule has 1 saturated heterocycles. The van der Waals surface area contributed by atoms with Crippen molar-refractivity contribution in [3.63, 3.8) is 0 Å². The Morgan fingerprint density at radius 2 is 2.07 bits per heavy atom. The van der Waals surface area contributed by atoms with Crippen LogP contribution in [0.2, 0.25) is 0 Å². The van der Waals surface area contributed by atoms with Crippen molar-refractivity contribution >= 4 is 0 Å². The van der Waals surface area contributed by atoms with E-state index in [0.29, 0.717) is 0 Å². The number of hydrogen-bond donors (Lipinski definition) is 1. The Labute approximate surface area is 94.4 Å². The molecule has 2 heteroatoms. The first-order valence-electron chi connectivity index (χ1n) is 6.62. The highest BCUT2D eigenvalue weighted by atomic mass is 15.2. The summed E-state index contributed by atoms with van der Waals surface area (Å²) in [6.45, 7) is 10.8. The Balaban J connectivity index is 1.80. The molecule has 0 aromatic carbocycles. The Bertz CT molecular complexity index is 199. The zero-order chi connectivity index (χ0) is 10.8. The fourth-order valence-electron chi connectivity index (χ4n) is 2.61. The molecule has 1 aliphatic heterocycles. The lowest BCUT2D eigenvalue weighted by atomic mass is 10.00. The summed E-state index contributed by atoms with van der Waals surface area (Å²) in [4.78, 5) is 2.71. The summed E-state index contributed by atoms with van der Waals surface area (Å²) in [6.07, 6.45) is 4.28. The van der Waals surface area contributed by atoms with Gasteiger partial charge in [-0.3, -0.25) is 4.90 Å². The van der Waals surface area contributed by atoms with Crippen molar-refractivity contribution in [3.05, 3.63) is 0 Å². The van der Waals surface area contributed by atoms with Gasteiger partial charge in [-0.1, -0.05) is 13.8 Å². The molecular weight excluding hydrogens is 184 g/mol. The molecule has 0 radical (unpaired) electrons. The highest BCUT2D eigenvalue weighted by Gasteiger charge is 2.30. The van der Waals surface area contributed by atoms with Crippen molar-refractivity contribution in [2.45, 2.75) is 52.1 Å². The molecule has 1 N–H and O–H groups in total. The van der Waals surface area contributed by atoms with Gasteiger partial charge < -0.3 is 5.32 Å². The van der Waals surface area contributed by atoms with E-state index in [2.05, 4.69) is 31.0 Å². The molecule has 15 heavy (non-hydrogen) atoms. The van der Waals surface area contributed by atoms with Gasteiger partial charge in [0, 0.05) is 31.7 Å². The Hall–Kier alpha value is -0.0800. The van der Waals surface area contributed by atoms with Crippen LogP contribution in [0.15, 0.2) is 0 Å². The third-order valence-corrected chi connectivity index (χ3v) is 3.73. The number of rotatable bonds is 4. The van der Waals surface area contributed by atoms with E-state index >= 15 is 0 Å². The average molecular weight is 210 g/mol. The maximum absolute atomic E-state index is 3.68. The minimum absolute atomic E-state index is 0.736. The van der Waals surface area contributed by atoms with Gasteiger partial charge >= 0.3 is 0 Å². The third kappa shape index (κ3) is 3.46. The quantitative estimate of drug-likeness (QED) is 0.764. The van der Waals surface area contributed by atoms with E-state index in [9.17, 15) is 0 Å². The maximum atomic E-state index is 3.68. The van der Waals surface area contributed by atoms with Crippen molar-refractivity contribution in [3.8, 4) is 0 Å².